The van der Waals surface area contributed by atoms with Crippen LogP contribution < -0.4 is 11.1 Å². The summed E-state index contributed by atoms with van der Waals surface area (Å²) in [6, 6.07) is 0.370. The fourth-order valence-electron chi connectivity index (χ4n) is 2.09. The predicted octanol–water partition coefficient (Wildman–Crippen LogP) is 2.98. The van der Waals surface area contributed by atoms with Gasteiger partial charge in [-0.2, -0.15) is 0 Å². The van der Waals surface area contributed by atoms with Gasteiger partial charge in [0.2, 0.25) is 5.91 Å². The monoisotopic (exact) mass is 242 g/mol. The second-order valence-corrected chi connectivity index (χ2v) is 4.95. The number of hydrogen-bond donors (Lipinski definition) is 2. The number of unbranched alkanes of at least 4 members (excludes halogenated alkanes) is 1. The number of hydrogen-bond acceptors (Lipinski definition) is 2. The van der Waals surface area contributed by atoms with Crippen molar-refractivity contribution in [3.63, 3.8) is 0 Å². The molecule has 3 nitrogen and oxygen atoms in total. The van der Waals surface area contributed by atoms with Crippen LogP contribution >= 0.6 is 0 Å². The number of rotatable bonds is 10. The molecule has 2 unspecified atom stereocenters. The molecule has 3 heteroatoms. The molecule has 0 radical (unpaired) electrons. The summed E-state index contributed by atoms with van der Waals surface area (Å²) in [5, 5.41) is 3.12. The lowest BCUT2D eigenvalue weighted by atomic mass is 10.0. The van der Waals surface area contributed by atoms with E-state index in [4.69, 9.17) is 5.73 Å². The minimum Gasteiger partial charge on any atom is -0.353 e. The first-order chi connectivity index (χ1) is 8.13. The quantitative estimate of drug-likeness (QED) is 0.619. The number of nitrogens with two attached hydrogens (primary N) is 1. The summed E-state index contributed by atoms with van der Waals surface area (Å²) in [5.41, 5.74) is 5.87. The van der Waals surface area contributed by atoms with Crippen molar-refractivity contribution in [2.24, 2.45) is 5.73 Å². The second kappa shape index (κ2) is 10.6. The Morgan fingerprint density at radius 3 is 2.24 bits per heavy atom. The molecule has 17 heavy (non-hydrogen) atoms. The van der Waals surface area contributed by atoms with E-state index in [1.165, 1.54) is 12.8 Å². The van der Waals surface area contributed by atoms with Gasteiger partial charge >= 0.3 is 0 Å². The smallest absolute Gasteiger partial charge is 0.221 e. The molecule has 0 saturated heterocycles. The molecule has 1 amide bonds. The molecule has 0 aromatic carbocycles. The van der Waals surface area contributed by atoms with E-state index in [2.05, 4.69) is 26.1 Å². The lowest BCUT2D eigenvalue weighted by Crippen LogP contribution is -2.38. The van der Waals surface area contributed by atoms with Crippen molar-refractivity contribution < 1.29 is 4.79 Å². The van der Waals surface area contributed by atoms with Gasteiger partial charge in [0.05, 0.1) is 0 Å². The van der Waals surface area contributed by atoms with Gasteiger partial charge in [0.15, 0.2) is 0 Å². The Hall–Kier alpha value is -0.570. The van der Waals surface area contributed by atoms with Gasteiger partial charge in [0.25, 0.3) is 0 Å². The van der Waals surface area contributed by atoms with Gasteiger partial charge in [0.1, 0.15) is 0 Å². The third-order valence-corrected chi connectivity index (χ3v) is 3.02. The zero-order valence-corrected chi connectivity index (χ0v) is 11.8. The molecule has 0 saturated carbocycles. The standard InChI is InChI=1S/C14H30N2O/c1-4-7-10-13(9-6-3)16-14(17)11-12(15)8-5-2/h12-13H,4-11,15H2,1-3H3,(H,16,17). The number of carbonyl (C=O) groups is 1. The number of amides is 1. The Balaban J connectivity index is 3.93. The molecule has 0 aromatic rings. The third-order valence-electron chi connectivity index (χ3n) is 3.02. The van der Waals surface area contributed by atoms with Crippen molar-refractivity contribution in [1.29, 1.82) is 0 Å². The van der Waals surface area contributed by atoms with Crippen LogP contribution in [0.3, 0.4) is 0 Å². The van der Waals surface area contributed by atoms with Crippen LogP contribution in [0.5, 0.6) is 0 Å². The fraction of sp³-hybridized carbons (Fsp3) is 0.929. The van der Waals surface area contributed by atoms with Gasteiger partial charge in [0, 0.05) is 18.5 Å². The zero-order valence-electron chi connectivity index (χ0n) is 11.8. The Labute approximate surface area is 107 Å². The van der Waals surface area contributed by atoms with E-state index in [0.29, 0.717) is 12.5 Å². The summed E-state index contributed by atoms with van der Waals surface area (Å²) < 4.78 is 0. The minimum atomic E-state index is 0.0217. The van der Waals surface area contributed by atoms with Gasteiger partial charge in [-0.05, 0) is 19.3 Å². The summed E-state index contributed by atoms with van der Waals surface area (Å²) >= 11 is 0. The second-order valence-electron chi connectivity index (χ2n) is 4.95. The van der Waals surface area contributed by atoms with Gasteiger partial charge in [-0.3, -0.25) is 4.79 Å². The Kier molecular flexibility index (Phi) is 10.2. The van der Waals surface area contributed by atoms with E-state index in [1.54, 1.807) is 0 Å². The van der Waals surface area contributed by atoms with E-state index in [9.17, 15) is 4.79 Å². The van der Waals surface area contributed by atoms with Crippen LogP contribution in [0.2, 0.25) is 0 Å². The molecule has 0 spiro atoms. The van der Waals surface area contributed by atoms with E-state index in [1.807, 2.05) is 0 Å². The maximum atomic E-state index is 11.8. The highest BCUT2D eigenvalue weighted by molar-refractivity contribution is 5.76. The number of nitrogens with one attached hydrogen (secondary N) is 1. The molecule has 0 aliphatic heterocycles. The average molecular weight is 242 g/mol. The first-order valence-corrected chi connectivity index (χ1v) is 7.18. The number of carbonyl (C=O) groups excluding carboxylic acids is 1. The van der Waals surface area contributed by atoms with Gasteiger partial charge in [-0.1, -0.05) is 46.5 Å². The highest BCUT2D eigenvalue weighted by Crippen LogP contribution is 2.08. The van der Waals surface area contributed by atoms with Crippen LogP contribution in [0.25, 0.3) is 0 Å². The Bertz CT molecular complexity index is 195. The fourth-order valence-corrected chi connectivity index (χ4v) is 2.09. The first kappa shape index (κ1) is 16.4. The van der Waals surface area contributed by atoms with E-state index in [-0.39, 0.29) is 11.9 Å². The zero-order chi connectivity index (χ0) is 13.1. The molecule has 0 aliphatic rings. The van der Waals surface area contributed by atoms with Crippen molar-refractivity contribution in [2.45, 2.75) is 84.2 Å². The summed E-state index contributed by atoms with van der Waals surface area (Å²) in [5.74, 6) is 0.125. The Morgan fingerprint density at radius 2 is 1.71 bits per heavy atom. The third kappa shape index (κ3) is 9.16. The first-order valence-electron chi connectivity index (χ1n) is 7.18. The van der Waals surface area contributed by atoms with Gasteiger partial charge < -0.3 is 11.1 Å². The van der Waals surface area contributed by atoms with Gasteiger partial charge in [-0.15, -0.1) is 0 Å². The molecule has 0 rings (SSSR count). The Morgan fingerprint density at radius 1 is 1.06 bits per heavy atom. The highest BCUT2D eigenvalue weighted by Gasteiger charge is 2.13. The van der Waals surface area contributed by atoms with E-state index in [0.717, 1.165) is 32.1 Å². The predicted molar refractivity (Wildman–Crippen MR) is 73.9 cm³/mol. The molecule has 102 valence electrons. The molecular formula is C14H30N2O. The molecule has 0 aliphatic carbocycles. The topological polar surface area (TPSA) is 55.1 Å². The van der Waals surface area contributed by atoms with Crippen molar-refractivity contribution in [3.8, 4) is 0 Å². The minimum absolute atomic E-state index is 0.0217. The molecular weight excluding hydrogens is 212 g/mol. The lowest BCUT2D eigenvalue weighted by molar-refractivity contribution is -0.122. The van der Waals surface area contributed by atoms with Crippen LogP contribution in [0.1, 0.15) is 72.1 Å². The average Bonchev–Trinajstić information content (AvgIpc) is 2.26. The largest absolute Gasteiger partial charge is 0.353 e. The molecule has 3 N–H and O–H groups in total. The molecule has 0 bridgehead atoms. The van der Waals surface area contributed by atoms with Gasteiger partial charge in [-0.25, -0.2) is 0 Å². The normalized spacial score (nSPS) is 14.4. The van der Waals surface area contributed by atoms with Crippen molar-refractivity contribution in [2.75, 3.05) is 0 Å². The molecule has 2 atom stereocenters. The van der Waals surface area contributed by atoms with E-state index < -0.39 is 0 Å². The lowest BCUT2D eigenvalue weighted by Gasteiger charge is -2.19. The molecule has 0 fully saturated rings. The summed E-state index contributed by atoms with van der Waals surface area (Å²) in [4.78, 5) is 11.8. The van der Waals surface area contributed by atoms with Crippen molar-refractivity contribution >= 4 is 5.91 Å². The van der Waals surface area contributed by atoms with Crippen molar-refractivity contribution in [1.82, 2.24) is 5.32 Å². The highest BCUT2D eigenvalue weighted by atomic mass is 16.1. The van der Waals surface area contributed by atoms with E-state index >= 15 is 0 Å². The molecule has 0 aromatic heterocycles. The maximum Gasteiger partial charge on any atom is 0.221 e. The van der Waals surface area contributed by atoms with Crippen LogP contribution in [0.15, 0.2) is 0 Å². The maximum absolute atomic E-state index is 11.8. The van der Waals surface area contributed by atoms with Crippen molar-refractivity contribution in [3.05, 3.63) is 0 Å². The van der Waals surface area contributed by atoms with Crippen LogP contribution in [0, 0.1) is 0 Å². The van der Waals surface area contributed by atoms with Crippen LogP contribution in [-0.2, 0) is 4.79 Å². The summed E-state index contributed by atoms with van der Waals surface area (Å²) in [6.07, 6.45) is 8.12. The summed E-state index contributed by atoms with van der Waals surface area (Å²) in [7, 11) is 0. The summed E-state index contributed by atoms with van der Waals surface area (Å²) in [6.45, 7) is 6.44. The van der Waals surface area contributed by atoms with Crippen LogP contribution in [-0.4, -0.2) is 18.0 Å². The SMILES string of the molecule is CCCCC(CCC)NC(=O)CC(N)CCC. The molecule has 0 heterocycles. The van der Waals surface area contributed by atoms with Crippen LogP contribution in [0.4, 0.5) is 0 Å².